The third-order valence-corrected chi connectivity index (χ3v) is 2.36. The van der Waals surface area contributed by atoms with Gasteiger partial charge in [-0.1, -0.05) is 13.8 Å². The first-order chi connectivity index (χ1) is 7.91. The van der Waals surface area contributed by atoms with Gasteiger partial charge in [-0.25, -0.2) is 4.79 Å². The molecule has 0 radical (unpaired) electrons. The maximum Gasteiger partial charge on any atom is 0.408 e. The van der Waals surface area contributed by atoms with Gasteiger partial charge >= 0.3 is 6.09 Å². The summed E-state index contributed by atoms with van der Waals surface area (Å²) in [7, 11) is -4.20. The number of hydrogen-bond acceptors (Lipinski definition) is 4. The lowest BCUT2D eigenvalue weighted by molar-refractivity contribution is 0.0504. The fraction of sp³-hybridized carbons (Fsp3) is 0.727. The van der Waals surface area contributed by atoms with Gasteiger partial charge in [-0.05, 0) is 32.8 Å². The van der Waals surface area contributed by atoms with Crippen molar-refractivity contribution < 1.29 is 22.5 Å². The van der Waals surface area contributed by atoms with E-state index in [4.69, 9.17) is 9.29 Å². The molecule has 0 aliphatic carbocycles. The second-order valence-electron chi connectivity index (χ2n) is 5.26. The highest BCUT2D eigenvalue weighted by molar-refractivity contribution is 7.88. The van der Waals surface area contributed by atoms with Crippen molar-refractivity contribution in [3.05, 3.63) is 11.5 Å². The quantitative estimate of drug-likeness (QED) is 0.767. The predicted molar refractivity (Wildman–Crippen MR) is 68.7 cm³/mol. The van der Waals surface area contributed by atoms with E-state index in [2.05, 4.69) is 5.32 Å². The van der Waals surface area contributed by atoms with Crippen LogP contribution in [-0.2, 0) is 14.9 Å². The average Bonchev–Trinajstić information content (AvgIpc) is 2.06. The van der Waals surface area contributed by atoms with Crippen LogP contribution in [-0.4, -0.2) is 30.7 Å². The van der Waals surface area contributed by atoms with E-state index in [0.29, 0.717) is 5.41 Å². The molecule has 0 aliphatic rings. The molecule has 18 heavy (non-hydrogen) atoms. The fourth-order valence-electron chi connectivity index (χ4n) is 1.06. The van der Waals surface area contributed by atoms with Gasteiger partial charge in [0.2, 0.25) is 0 Å². The fourth-order valence-corrected chi connectivity index (χ4v) is 1.43. The Morgan fingerprint density at radius 3 is 2.17 bits per heavy atom. The van der Waals surface area contributed by atoms with Crippen LogP contribution in [0.3, 0.4) is 0 Å². The van der Waals surface area contributed by atoms with Crippen LogP contribution in [0.5, 0.6) is 0 Å². The van der Waals surface area contributed by atoms with Crippen molar-refractivity contribution in [2.45, 2.75) is 46.3 Å². The number of alkyl carbamates (subject to hydrolysis) is 1. The van der Waals surface area contributed by atoms with E-state index < -0.39 is 27.9 Å². The molecule has 7 heteroatoms. The molecule has 0 saturated heterocycles. The summed E-state index contributed by atoms with van der Waals surface area (Å²) >= 11 is 0. The largest absolute Gasteiger partial charge is 0.444 e. The lowest BCUT2D eigenvalue weighted by Gasteiger charge is -2.23. The first-order valence-corrected chi connectivity index (χ1v) is 7.06. The van der Waals surface area contributed by atoms with Crippen LogP contribution in [0.4, 0.5) is 4.79 Å². The summed E-state index contributed by atoms with van der Waals surface area (Å²) in [4.78, 5) is 11.5. The lowest BCUT2D eigenvalue weighted by atomic mass is 10.1. The lowest BCUT2D eigenvalue weighted by Crippen LogP contribution is -2.40. The van der Waals surface area contributed by atoms with E-state index in [0.717, 1.165) is 0 Å². The maximum atomic E-state index is 11.5. The van der Waals surface area contributed by atoms with E-state index in [1.807, 2.05) is 0 Å². The zero-order valence-corrected chi connectivity index (χ0v) is 12.1. The van der Waals surface area contributed by atoms with Crippen molar-refractivity contribution in [3.8, 4) is 0 Å². The summed E-state index contributed by atoms with van der Waals surface area (Å²) in [5, 5.41) is 3.17. The standard InChI is InChI=1S/C11H21NO5S/c1-8(2)9(6-7-18(14,15)16)12-10(13)17-11(3,4)5/h6-9H,1-5H3,(H,12,13)(H,14,15,16)/b7-6+. The number of rotatable bonds is 4. The molecule has 1 amide bonds. The monoisotopic (exact) mass is 279 g/mol. The zero-order valence-electron chi connectivity index (χ0n) is 11.3. The summed E-state index contributed by atoms with van der Waals surface area (Å²) in [6, 6.07) is -0.540. The summed E-state index contributed by atoms with van der Waals surface area (Å²) in [5.74, 6) is -0.0458. The van der Waals surface area contributed by atoms with Gasteiger partial charge in [-0.15, -0.1) is 0 Å². The van der Waals surface area contributed by atoms with Crippen LogP contribution in [0.25, 0.3) is 0 Å². The molecule has 106 valence electrons. The minimum absolute atomic E-state index is 0.0458. The van der Waals surface area contributed by atoms with E-state index >= 15 is 0 Å². The molecule has 1 atom stereocenters. The van der Waals surface area contributed by atoms with Crippen LogP contribution < -0.4 is 5.32 Å². The maximum absolute atomic E-state index is 11.5. The molecule has 0 heterocycles. The van der Waals surface area contributed by atoms with Crippen molar-refractivity contribution >= 4 is 16.2 Å². The molecule has 0 bridgehead atoms. The Bertz CT molecular complexity index is 406. The highest BCUT2D eigenvalue weighted by Gasteiger charge is 2.20. The minimum atomic E-state index is -4.20. The molecule has 0 aromatic rings. The first kappa shape index (κ1) is 16.9. The molecule has 0 aromatic carbocycles. The molecule has 0 aromatic heterocycles. The van der Waals surface area contributed by atoms with Gasteiger partial charge < -0.3 is 10.1 Å². The Balaban J connectivity index is 4.66. The molecule has 0 spiro atoms. The number of hydrogen-bond donors (Lipinski definition) is 2. The summed E-state index contributed by atoms with van der Waals surface area (Å²) in [5.41, 5.74) is -0.627. The van der Waals surface area contributed by atoms with E-state index in [9.17, 15) is 13.2 Å². The number of carbonyl (C=O) groups excluding carboxylic acids is 1. The van der Waals surface area contributed by atoms with Crippen LogP contribution >= 0.6 is 0 Å². The normalized spacial score (nSPS) is 14.8. The van der Waals surface area contributed by atoms with Crippen LogP contribution in [0.15, 0.2) is 11.5 Å². The molecule has 6 nitrogen and oxygen atoms in total. The van der Waals surface area contributed by atoms with Crippen molar-refractivity contribution in [1.82, 2.24) is 5.32 Å². The van der Waals surface area contributed by atoms with Crippen LogP contribution in [0, 0.1) is 5.92 Å². The second kappa shape index (κ2) is 6.19. The summed E-state index contributed by atoms with van der Waals surface area (Å²) in [6.07, 6.45) is 0.574. The van der Waals surface area contributed by atoms with Gasteiger partial charge in [0, 0.05) is 0 Å². The third-order valence-electron chi connectivity index (χ3n) is 1.86. The van der Waals surface area contributed by atoms with Gasteiger partial charge in [-0.3, -0.25) is 4.55 Å². The molecule has 0 rings (SSSR count). The molecular weight excluding hydrogens is 258 g/mol. The van der Waals surface area contributed by atoms with Gasteiger partial charge in [0.25, 0.3) is 10.1 Å². The molecule has 2 N–H and O–H groups in total. The van der Waals surface area contributed by atoms with Crippen molar-refractivity contribution in [2.75, 3.05) is 0 Å². The van der Waals surface area contributed by atoms with Gasteiger partial charge in [0.1, 0.15) is 5.60 Å². The predicted octanol–water partition coefficient (Wildman–Crippen LogP) is 1.94. The highest BCUT2D eigenvalue weighted by Crippen LogP contribution is 2.09. The van der Waals surface area contributed by atoms with Gasteiger partial charge in [0.05, 0.1) is 11.4 Å². The molecular formula is C11H21NO5S. The van der Waals surface area contributed by atoms with Crippen molar-refractivity contribution in [2.24, 2.45) is 5.92 Å². The Hall–Kier alpha value is -1.08. The Kier molecular flexibility index (Phi) is 5.82. The number of carbonyl (C=O) groups is 1. The van der Waals surface area contributed by atoms with E-state index in [-0.39, 0.29) is 5.92 Å². The topological polar surface area (TPSA) is 92.7 Å². The van der Waals surface area contributed by atoms with E-state index in [1.165, 1.54) is 6.08 Å². The molecule has 0 fully saturated rings. The van der Waals surface area contributed by atoms with Crippen molar-refractivity contribution in [1.29, 1.82) is 0 Å². The smallest absolute Gasteiger partial charge is 0.408 e. The summed E-state index contributed by atoms with van der Waals surface area (Å²) < 4.78 is 34.9. The SMILES string of the molecule is CC(C)C(/C=C/S(=O)(=O)O)NC(=O)OC(C)(C)C. The van der Waals surface area contributed by atoms with Gasteiger partial charge in [0.15, 0.2) is 0 Å². The summed E-state index contributed by atoms with van der Waals surface area (Å²) in [6.45, 7) is 8.79. The van der Waals surface area contributed by atoms with Crippen LogP contribution in [0.2, 0.25) is 0 Å². The molecule has 0 aliphatic heterocycles. The Labute approximate surface area is 108 Å². The minimum Gasteiger partial charge on any atom is -0.444 e. The van der Waals surface area contributed by atoms with Crippen LogP contribution in [0.1, 0.15) is 34.6 Å². The average molecular weight is 279 g/mol. The number of ether oxygens (including phenoxy) is 1. The first-order valence-electron chi connectivity index (χ1n) is 5.56. The second-order valence-corrected chi connectivity index (χ2v) is 6.56. The number of amides is 1. The molecule has 0 saturated carbocycles. The highest BCUT2D eigenvalue weighted by atomic mass is 32.2. The molecule has 1 unspecified atom stereocenters. The Morgan fingerprint density at radius 2 is 1.83 bits per heavy atom. The zero-order chi connectivity index (χ0) is 14.6. The van der Waals surface area contributed by atoms with E-state index in [1.54, 1.807) is 34.6 Å². The van der Waals surface area contributed by atoms with Crippen molar-refractivity contribution in [3.63, 3.8) is 0 Å². The number of nitrogens with one attached hydrogen (secondary N) is 1. The third kappa shape index (κ3) is 9.00. The van der Waals surface area contributed by atoms with Gasteiger partial charge in [-0.2, -0.15) is 8.42 Å². The Morgan fingerprint density at radius 1 is 1.33 bits per heavy atom.